The Labute approximate surface area is 130 Å². The Morgan fingerprint density at radius 1 is 1.52 bits per heavy atom. The van der Waals surface area contributed by atoms with Gasteiger partial charge in [-0.3, -0.25) is 0 Å². The van der Waals surface area contributed by atoms with Gasteiger partial charge in [-0.15, -0.1) is 0 Å². The van der Waals surface area contributed by atoms with Crippen LogP contribution in [0.5, 0.6) is 0 Å². The largest absolute Gasteiger partial charge is 0.381 e. The maximum absolute atomic E-state index is 10.5. The van der Waals surface area contributed by atoms with E-state index in [1.165, 1.54) is 11.8 Å². The number of rotatable bonds is 6. The van der Waals surface area contributed by atoms with E-state index in [4.69, 9.17) is 4.74 Å². The molecule has 1 heterocycles. The van der Waals surface area contributed by atoms with Gasteiger partial charge in [-0.25, -0.2) is 10.1 Å². The molecule has 0 bridgehead atoms. The summed E-state index contributed by atoms with van der Waals surface area (Å²) in [5.74, 6) is 1.16. The Morgan fingerprint density at radius 3 is 2.67 bits per heavy atom. The van der Waals surface area contributed by atoms with Crippen molar-refractivity contribution in [1.29, 1.82) is 0 Å². The molecule has 21 heavy (non-hydrogen) atoms. The third-order valence-corrected chi connectivity index (χ3v) is 4.77. The SMILES string of the molecule is CSC(=N[N+](=O)[O-])N(C)CC(C)N(C)CC1COCC1C. The first-order chi connectivity index (χ1) is 9.85. The van der Waals surface area contributed by atoms with E-state index in [9.17, 15) is 10.1 Å². The summed E-state index contributed by atoms with van der Waals surface area (Å²) in [5.41, 5.74) is 0. The minimum absolute atomic E-state index is 0.284. The van der Waals surface area contributed by atoms with Gasteiger partial charge in [0.05, 0.1) is 11.7 Å². The van der Waals surface area contributed by atoms with Crippen molar-refractivity contribution in [1.82, 2.24) is 9.80 Å². The van der Waals surface area contributed by atoms with Crippen molar-refractivity contribution < 1.29 is 9.77 Å². The molecule has 122 valence electrons. The highest BCUT2D eigenvalue weighted by Gasteiger charge is 2.27. The Hall–Kier alpha value is -0.860. The summed E-state index contributed by atoms with van der Waals surface area (Å²) >= 11 is 1.29. The van der Waals surface area contributed by atoms with Crippen LogP contribution < -0.4 is 0 Å². The minimum atomic E-state index is -0.645. The average molecular weight is 318 g/mol. The molecule has 0 spiro atoms. The summed E-state index contributed by atoms with van der Waals surface area (Å²) in [7, 11) is 3.93. The molecule has 0 amide bonds. The second kappa shape index (κ2) is 8.55. The average Bonchev–Trinajstić information content (AvgIpc) is 2.81. The first kappa shape index (κ1) is 18.2. The molecule has 3 unspecified atom stereocenters. The maximum Gasteiger partial charge on any atom is 0.237 e. The van der Waals surface area contributed by atoms with E-state index in [1.807, 2.05) is 11.9 Å². The fourth-order valence-electron chi connectivity index (χ4n) is 2.44. The summed E-state index contributed by atoms with van der Waals surface area (Å²) in [6, 6.07) is 0.284. The Balaban J connectivity index is 2.50. The molecule has 0 radical (unpaired) electrons. The van der Waals surface area contributed by atoms with E-state index in [-0.39, 0.29) is 6.04 Å². The van der Waals surface area contributed by atoms with E-state index in [1.54, 1.807) is 6.26 Å². The molecule has 0 aromatic heterocycles. The van der Waals surface area contributed by atoms with Crippen LogP contribution in [0.3, 0.4) is 0 Å². The standard InChI is InChI=1S/C13H26N4O3S/c1-10-8-20-9-12(10)7-15(3)11(2)6-16(4)13(21-5)14-17(18)19/h10-12H,6-9H2,1-5H3. The third kappa shape index (κ3) is 5.80. The van der Waals surface area contributed by atoms with Gasteiger partial charge in [0.25, 0.3) is 0 Å². The van der Waals surface area contributed by atoms with Crippen LogP contribution in [-0.4, -0.2) is 72.7 Å². The monoisotopic (exact) mass is 318 g/mol. The lowest BCUT2D eigenvalue weighted by Gasteiger charge is -2.31. The van der Waals surface area contributed by atoms with Gasteiger partial charge < -0.3 is 14.5 Å². The van der Waals surface area contributed by atoms with Gasteiger partial charge in [0.1, 0.15) is 0 Å². The normalized spacial score (nSPS) is 24.4. The zero-order chi connectivity index (χ0) is 16.0. The lowest BCUT2D eigenvalue weighted by molar-refractivity contribution is -0.485. The summed E-state index contributed by atoms with van der Waals surface area (Å²) in [5, 5.41) is 13.7. The van der Waals surface area contributed by atoms with Crippen LogP contribution in [0.25, 0.3) is 0 Å². The summed E-state index contributed by atoms with van der Waals surface area (Å²) in [4.78, 5) is 14.6. The van der Waals surface area contributed by atoms with Crippen LogP contribution >= 0.6 is 11.8 Å². The number of thioether (sulfide) groups is 1. The zero-order valence-electron chi connectivity index (χ0n) is 13.5. The lowest BCUT2D eigenvalue weighted by atomic mass is 9.97. The molecule has 1 rings (SSSR count). The molecule has 1 saturated heterocycles. The van der Waals surface area contributed by atoms with Gasteiger partial charge in [-0.2, -0.15) is 0 Å². The van der Waals surface area contributed by atoms with Gasteiger partial charge >= 0.3 is 0 Å². The molecule has 3 atom stereocenters. The van der Waals surface area contributed by atoms with Crippen molar-refractivity contribution in [3.05, 3.63) is 10.1 Å². The van der Waals surface area contributed by atoms with Crippen LogP contribution in [0.15, 0.2) is 5.10 Å². The Bertz CT molecular complexity index is 380. The number of hydrogen-bond acceptors (Lipinski definition) is 5. The van der Waals surface area contributed by atoms with Crippen LogP contribution in [0.2, 0.25) is 0 Å². The van der Waals surface area contributed by atoms with Crippen molar-refractivity contribution in [3.8, 4) is 0 Å². The van der Waals surface area contributed by atoms with Crippen molar-refractivity contribution in [2.75, 3.05) is 46.7 Å². The van der Waals surface area contributed by atoms with Crippen molar-refractivity contribution >= 4 is 16.9 Å². The quantitative estimate of drug-likeness (QED) is 0.319. The fraction of sp³-hybridized carbons (Fsp3) is 0.923. The smallest absolute Gasteiger partial charge is 0.237 e. The first-order valence-electron chi connectivity index (χ1n) is 7.11. The molecule has 1 aliphatic heterocycles. The van der Waals surface area contributed by atoms with E-state index in [0.29, 0.717) is 23.5 Å². The first-order valence-corrected chi connectivity index (χ1v) is 8.33. The van der Waals surface area contributed by atoms with Gasteiger partial charge in [0.15, 0.2) is 5.03 Å². The molecule has 0 aromatic rings. The molecule has 8 heteroatoms. The fourth-order valence-corrected chi connectivity index (χ4v) is 2.98. The van der Waals surface area contributed by atoms with Crippen molar-refractivity contribution in [3.63, 3.8) is 0 Å². The molecular weight excluding hydrogens is 292 g/mol. The number of hydrogen-bond donors (Lipinski definition) is 0. The molecule has 0 N–H and O–H groups in total. The minimum Gasteiger partial charge on any atom is -0.381 e. The highest BCUT2D eigenvalue weighted by molar-refractivity contribution is 8.13. The van der Waals surface area contributed by atoms with Gasteiger partial charge in [-0.05, 0) is 32.1 Å². The second-order valence-electron chi connectivity index (χ2n) is 5.77. The Morgan fingerprint density at radius 2 is 2.19 bits per heavy atom. The molecular formula is C13H26N4O3S. The van der Waals surface area contributed by atoms with E-state index in [2.05, 4.69) is 30.9 Å². The highest BCUT2D eigenvalue weighted by atomic mass is 32.2. The number of ether oxygens (including phenoxy) is 1. The van der Waals surface area contributed by atoms with E-state index < -0.39 is 5.03 Å². The molecule has 1 aliphatic rings. The molecule has 1 fully saturated rings. The lowest BCUT2D eigenvalue weighted by Crippen LogP contribution is -2.43. The molecule has 0 aromatic carbocycles. The van der Waals surface area contributed by atoms with Crippen LogP contribution in [0, 0.1) is 22.0 Å². The molecule has 0 aliphatic carbocycles. The topological polar surface area (TPSA) is 71.2 Å². The van der Waals surface area contributed by atoms with Crippen molar-refractivity contribution in [2.45, 2.75) is 19.9 Å². The van der Waals surface area contributed by atoms with Crippen LogP contribution in [0.4, 0.5) is 0 Å². The third-order valence-electron chi connectivity index (χ3n) is 4.01. The van der Waals surface area contributed by atoms with E-state index >= 15 is 0 Å². The second-order valence-corrected chi connectivity index (χ2v) is 6.54. The summed E-state index contributed by atoms with van der Waals surface area (Å²) in [6.45, 7) is 7.70. The number of amidine groups is 1. The zero-order valence-corrected chi connectivity index (χ0v) is 14.3. The van der Waals surface area contributed by atoms with Gasteiger partial charge in [-0.1, -0.05) is 18.7 Å². The number of likely N-dealkylation sites (N-methyl/N-ethyl adjacent to an activating group) is 2. The van der Waals surface area contributed by atoms with Crippen LogP contribution in [0.1, 0.15) is 13.8 Å². The predicted molar refractivity (Wildman–Crippen MR) is 86.1 cm³/mol. The number of nitrogens with zero attached hydrogens (tertiary/aromatic N) is 4. The van der Waals surface area contributed by atoms with Gasteiger partial charge in [0, 0.05) is 32.8 Å². The summed E-state index contributed by atoms with van der Waals surface area (Å²) < 4.78 is 5.50. The van der Waals surface area contributed by atoms with Crippen LogP contribution in [-0.2, 0) is 4.74 Å². The summed E-state index contributed by atoms with van der Waals surface area (Å²) in [6.07, 6.45) is 1.80. The number of nitro groups is 1. The Kier molecular flexibility index (Phi) is 7.41. The van der Waals surface area contributed by atoms with E-state index in [0.717, 1.165) is 19.8 Å². The highest BCUT2D eigenvalue weighted by Crippen LogP contribution is 2.21. The molecule has 0 saturated carbocycles. The molecule has 7 nitrogen and oxygen atoms in total. The van der Waals surface area contributed by atoms with Gasteiger partial charge in [0.2, 0.25) is 5.17 Å². The maximum atomic E-state index is 10.5. The number of hydrazone groups is 1. The van der Waals surface area contributed by atoms with Crippen molar-refractivity contribution in [2.24, 2.45) is 16.9 Å². The predicted octanol–water partition coefficient (Wildman–Crippen LogP) is 1.43.